The third-order valence-electron chi connectivity index (χ3n) is 6.36. The summed E-state index contributed by atoms with van der Waals surface area (Å²) in [5, 5.41) is 1.30. The van der Waals surface area contributed by atoms with E-state index in [1.165, 1.54) is 11.3 Å². The van der Waals surface area contributed by atoms with Gasteiger partial charge in [-0.15, -0.1) is 11.3 Å². The largest absolute Gasteiger partial charge is 0.342 e. The Labute approximate surface area is 201 Å². The predicted molar refractivity (Wildman–Crippen MR) is 127 cm³/mol. The maximum absolute atomic E-state index is 13.2. The number of amides is 2. The topological polar surface area (TPSA) is 70.6 Å². The van der Waals surface area contributed by atoms with E-state index in [-0.39, 0.29) is 29.4 Å². The number of carbonyl (C=O) groups excluding carboxylic acids is 3. The van der Waals surface area contributed by atoms with Crippen molar-refractivity contribution in [2.75, 3.05) is 24.5 Å². The van der Waals surface area contributed by atoms with Gasteiger partial charge in [0.05, 0.1) is 12.6 Å². The van der Waals surface area contributed by atoms with Crippen molar-refractivity contribution < 1.29 is 14.4 Å². The van der Waals surface area contributed by atoms with E-state index >= 15 is 0 Å². The molecular formula is C23H25Cl2N3O3S. The minimum Gasteiger partial charge on any atom is -0.342 e. The minimum absolute atomic E-state index is 0.0423. The lowest BCUT2D eigenvalue weighted by Crippen LogP contribution is -2.40. The third-order valence-corrected chi connectivity index (χ3v) is 7.71. The molecule has 2 aliphatic rings. The number of ketones is 1. The fourth-order valence-electron chi connectivity index (χ4n) is 4.66. The van der Waals surface area contributed by atoms with Crippen molar-refractivity contribution in [3.8, 4) is 0 Å². The number of benzene rings is 1. The third kappa shape index (κ3) is 4.70. The van der Waals surface area contributed by atoms with E-state index in [9.17, 15) is 14.4 Å². The second kappa shape index (κ2) is 9.49. The lowest BCUT2D eigenvalue weighted by molar-refractivity contribution is -0.130. The molecule has 170 valence electrons. The van der Waals surface area contributed by atoms with Gasteiger partial charge in [-0.2, -0.15) is 0 Å². The molecule has 2 amide bonds. The van der Waals surface area contributed by atoms with E-state index < -0.39 is 0 Å². The van der Waals surface area contributed by atoms with Crippen LogP contribution >= 0.6 is 34.5 Å². The van der Waals surface area contributed by atoms with E-state index in [1.807, 2.05) is 24.0 Å². The highest BCUT2D eigenvalue weighted by atomic mass is 35.5. The van der Waals surface area contributed by atoms with Gasteiger partial charge < -0.3 is 9.80 Å². The molecule has 9 heteroatoms. The van der Waals surface area contributed by atoms with Gasteiger partial charge >= 0.3 is 0 Å². The number of thiazole rings is 1. The fraction of sp³-hybridized carbons (Fsp3) is 0.478. The van der Waals surface area contributed by atoms with Crippen LogP contribution < -0.4 is 4.90 Å². The van der Waals surface area contributed by atoms with E-state index in [0.717, 1.165) is 17.7 Å². The molecule has 0 N–H and O–H groups in total. The molecule has 0 saturated carbocycles. The zero-order valence-corrected chi connectivity index (χ0v) is 20.2. The summed E-state index contributed by atoms with van der Waals surface area (Å²) in [5.41, 5.74) is 1.54. The summed E-state index contributed by atoms with van der Waals surface area (Å²) in [5.74, 6) is 0.210. The number of fused-ring (bicyclic) bond motifs is 2. The number of anilines is 1. The molecule has 1 aromatic heterocycles. The first-order chi connectivity index (χ1) is 15.3. The van der Waals surface area contributed by atoms with Crippen LogP contribution in [-0.2, 0) is 26.2 Å². The van der Waals surface area contributed by atoms with Crippen LogP contribution in [0.2, 0.25) is 9.36 Å². The highest BCUT2D eigenvalue weighted by molar-refractivity contribution is 7.15. The number of halogens is 2. The van der Waals surface area contributed by atoms with Gasteiger partial charge in [-0.1, -0.05) is 30.1 Å². The summed E-state index contributed by atoms with van der Waals surface area (Å²) < 4.78 is 0.559. The Morgan fingerprint density at radius 3 is 2.69 bits per heavy atom. The molecule has 1 saturated heterocycles. The second-order valence-corrected chi connectivity index (χ2v) is 10.7. The molecule has 32 heavy (non-hydrogen) atoms. The second-order valence-electron chi connectivity index (χ2n) is 8.47. The first-order valence-corrected chi connectivity index (χ1v) is 12.4. The molecular weight excluding hydrogens is 469 g/mol. The van der Waals surface area contributed by atoms with Crippen molar-refractivity contribution in [2.45, 2.75) is 50.9 Å². The number of hydrogen-bond acceptors (Lipinski definition) is 5. The van der Waals surface area contributed by atoms with Crippen molar-refractivity contribution in [3.63, 3.8) is 0 Å². The Balaban J connectivity index is 1.50. The van der Waals surface area contributed by atoms with Crippen LogP contribution in [0.3, 0.4) is 0 Å². The summed E-state index contributed by atoms with van der Waals surface area (Å²) in [6.45, 7) is 3.54. The number of carbonyl (C=O) groups is 3. The van der Waals surface area contributed by atoms with E-state index in [0.29, 0.717) is 59.7 Å². The first kappa shape index (κ1) is 23.2. The summed E-state index contributed by atoms with van der Waals surface area (Å²) in [6.07, 6.45) is 4.42. The van der Waals surface area contributed by atoms with Crippen LogP contribution in [0.25, 0.3) is 0 Å². The SMILES string of the molecule is CCC(=O)CCCC(=O)N1CCC2(C1)CN(C(=O)Cc1ncc(Cl)s1)c1ccc(Cl)cc12. The number of rotatable bonds is 7. The standard InChI is InChI=1S/C23H25Cl2N3O3S/c1-2-16(29)4-3-5-21(30)27-9-8-23(13-27)14-28(18-7-6-15(24)10-17(18)23)22(31)11-20-26-12-19(25)32-20/h6-7,10,12H,2-5,8-9,11,13-14H2,1H3. The molecule has 1 atom stereocenters. The molecule has 0 bridgehead atoms. The van der Waals surface area contributed by atoms with Gasteiger partial charge in [-0.05, 0) is 36.6 Å². The van der Waals surface area contributed by atoms with Crippen LogP contribution in [-0.4, -0.2) is 47.1 Å². The lowest BCUT2D eigenvalue weighted by atomic mass is 9.81. The smallest absolute Gasteiger partial charge is 0.233 e. The molecule has 1 aromatic carbocycles. The van der Waals surface area contributed by atoms with Gasteiger partial charge in [0.15, 0.2) is 0 Å². The van der Waals surface area contributed by atoms with Gasteiger partial charge in [-0.3, -0.25) is 14.4 Å². The van der Waals surface area contributed by atoms with Gasteiger partial charge in [0.1, 0.15) is 15.1 Å². The van der Waals surface area contributed by atoms with E-state index in [4.69, 9.17) is 23.2 Å². The normalized spacial score (nSPS) is 19.6. The van der Waals surface area contributed by atoms with Crippen LogP contribution in [0.1, 0.15) is 49.6 Å². The van der Waals surface area contributed by atoms with Gasteiger partial charge in [0.2, 0.25) is 11.8 Å². The summed E-state index contributed by atoms with van der Waals surface area (Å²) in [4.78, 5) is 45.4. The number of nitrogens with zero attached hydrogens (tertiary/aromatic N) is 3. The van der Waals surface area contributed by atoms with Gasteiger partial charge in [0, 0.05) is 55.0 Å². The van der Waals surface area contributed by atoms with Crippen molar-refractivity contribution in [2.24, 2.45) is 0 Å². The van der Waals surface area contributed by atoms with Gasteiger partial charge in [0.25, 0.3) is 0 Å². The molecule has 2 aromatic rings. The van der Waals surface area contributed by atoms with Gasteiger partial charge in [-0.25, -0.2) is 4.98 Å². The number of aromatic nitrogens is 1. The van der Waals surface area contributed by atoms with Crippen LogP contribution in [0.15, 0.2) is 24.4 Å². The highest BCUT2D eigenvalue weighted by Crippen LogP contribution is 2.47. The first-order valence-electron chi connectivity index (χ1n) is 10.8. The summed E-state index contributed by atoms with van der Waals surface area (Å²) in [6, 6.07) is 5.61. The van der Waals surface area contributed by atoms with Crippen molar-refractivity contribution in [1.29, 1.82) is 0 Å². The Kier molecular flexibility index (Phi) is 6.89. The van der Waals surface area contributed by atoms with E-state index in [1.54, 1.807) is 17.2 Å². The minimum atomic E-state index is -0.328. The van der Waals surface area contributed by atoms with Crippen molar-refractivity contribution >= 4 is 57.8 Å². The molecule has 4 rings (SSSR count). The highest BCUT2D eigenvalue weighted by Gasteiger charge is 2.49. The Hall–Kier alpha value is -1.96. The zero-order chi connectivity index (χ0) is 22.9. The average molecular weight is 494 g/mol. The lowest BCUT2D eigenvalue weighted by Gasteiger charge is -2.26. The Morgan fingerprint density at radius 1 is 1.16 bits per heavy atom. The molecule has 6 nitrogen and oxygen atoms in total. The molecule has 2 aliphatic heterocycles. The zero-order valence-electron chi connectivity index (χ0n) is 17.9. The number of likely N-dealkylation sites (tertiary alicyclic amines) is 1. The fourth-order valence-corrected chi connectivity index (χ4v) is 5.78. The number of hydrogen-bond donors (Lipinski definition) is 0. The summed E-state index contributed by atoms with van der Waals surface area (Å²) in [7, 11) is 0. The number of Topliss-reactive ketones (excluding diaryl/α,β-unsaturated/α-hetero) is 1. The molecule has 1 unspecified atom stereocenters. The van der Waals surface area contributed by atoms with Crippen molar-refractivity contribution in [3.05, 3.63) is 44.3 Å². The quantitative estimate of drug-likeness (QED) is 0.562. The van der Waals surface area contributed by atoms with Crippen LogP contribution in [0.4, 0.5) is 5.69 Å². The molecule has 1 fully saturated rings. The molecule has 3 heterocycles. The Morgan fingerprint density at radius 2 is 1.97 bits per heavy atom. The Bertz CT molecular complexity index is 1060. The van der Waals surface area contributed by atoms with Crippen molar-refractivity contribution in [1.82, 2.24) is 9.88 Å². The summed E-state index contributed by atoms with van der Waals surface area (Å²) >= 11 is 13.6. The molecule has 0 aliphatic carbocycles. The predicted octanol–water partition coefficient (Wildman–Crippen LogP) is 4.66. The van der Waals surface area contributed by atoms with Crippen LogP contribution in [0.5, 0.6) is 0 Å². The maximum atomic E-state index is 13.2. The monoisotopic (exact) mass is 493 g/mol. The maximum Gasteiger partial charge on any atom is 0.233 e. The van der Waals surface area contributed by atoms with E-state index in [2.05, 4.69) is 4.98 Å². The van der Waals surface area contributed by atoms with Crippen LogP contribution in [0, 0.1) is 0 Å². The average Bonchev–Trinajstić information content (AvgIpc) is 3.46. The molecule has 0 radical (unpaired) electrons. The molecule has 1 spiro atoms.